The lowest BCUT2D eigenvalue weighted by atomic mass is 9.82. The molecule has 0 heteroatoms. The van der Waals surface area contributed by atoms with Gasteiger partial charge in [-0.1, -0.05) is 203 Å². The summed E-state index contributed by atoms with van der Waals surface area (Å²) in [6, 6.07) is 0. The lowest BCUT2D eigenvalue weighted by molar-refractivity contribution is 0.353. The Kier molecular flexibility index (Phi) is 82.1. The van der Waals surface area contributed by atoms with E-state index in [4.69, 9.17) is 0 Å². The lowest BCUT2D eigenvalue weighted by Crippen LogP contribution is -2.12. The summed E-state index contributed by atoms with van der Waals surface area (Å²) in [7, 11) is 0. The van der Waals surface area contributed by atoms with Crippen molar-refractivity contribution in [3.63, 3.8) is 0 Å². The maximum absolute atomic E-state index is 4.11. The zero-order valence-corrected chi connectivity index (χ0v) is 36.9. The van der Waals surface area contributed by atoms with Crippen molar-refractivity contribution in [1.82, 2.24) is 0 Å². The van der Waals surface area contributed by atoms with Crippen LogP contribution in [0.1, 0.15) is 213 Å². The van der Waals surface area contributed by atoms with E-state index < -0.39 is 0 Å². The van der Waals surface area contributed by atoms with Crippen LogP contribution in [-0.4, -0.2) is 0 Å². The maximum Gasteiger partial charge on any atom is -0.0183 e. The lowest BCUT2D eigenvalue weighted by Gasteiger charge is -2.23. The highest BCUT2D eigenvalue weighted by molar-refractivity contribution is 4.98. The van der Waals surface area contributed by atoms with Gasteiger partial charge >= 0.3 is 0 Å². The highest BCUT2D eigenvalue weighted by Crippen LogP contribution is 2.28. The van der Waals surface area contributed by atoms with Crippen LogP contribution in [0.4, 0.5) is 0 Å². The molecule has 0 saturated heterocycles. The van der Waals surface area contributed by atoms with Crippen LogP contribution in [0.2, 0.25) is 0 Å². The van der Waals surface area contributed by atoms with E-state index in [1.165, 1.54) is 120 Å². The Bertz CT molecular complexity index is 546. The molecule has 0 aromatic rings. The molecule has 0 aromatic carbocycles. The third-order valence-electron chi connectivity index (χ3n) is 7.92. The molecule has 0 heterocycles. The van der Waals surface area contributed by atoms with Crippen LogP contribution in [0, 0.1) is 23.2 Å². The summed E-state index contributed by atoms with van der Waals surface area (Å²) in [5.74, 6) is 2.69. The molecule has 0 amide bonds. The third kappa shape index (κ3) is 79.7. The van der Waals surface area contributed by atoms with Crippen LogP contribution in [0.5, 0.6) is 0 Å². The van der Waals surface area contributed by atoms with E-state index in [1.807, 2.05) is 6.08 Å². The summed E-state index contributed by atoms with van der Waals surface area (Å²) in [5.41, 5.74) is 3.21. The molecule has 0 nitrogen and oxygen atoms in total. The topological polar surface area (TPSA) is 0 Å². The van der Waals surface area contributed by atoms with Crippen LogP contribution in [0.3, 0.4) is 0 Å². The van der Waals surface area contributed by atoms with Crippen molar-refractivity contribution >= 4 is 0 Å². The standard InChI is InChI=1S/C13H26.C7H14.C6H14.C6H12.C5H12.C5H10.3C2H4/c1-6-8-10-13(11(3)4)12(5)9-7-2;1-2-7-5-3-4-6-7;1-5-6(2,3)4;1-4-5-6(2)3;2*1-3-5-4-2;3*1-2/h12-13H,3,6-10H2,1-2,4-5H3;7H,2-6H2,1H3;5H2,1-4H3;2,4-5H2,1,3H3;3-5H2,1-2H3;3H,1,4-5H2,2H3;3*1-2H2. The summed E-state index contributed by atoms with van der Waals surface area (Å²) in [6.07, 6.45) is 26.2. The Morgan fingerprint density at radius 1 is 0.667 bits per heavy atom. The molecule has 1 aliphatic carbocycles. The van der Waals surface area contributed by atoms with Crippen molar-refractivity contribution in [2.24, 2.45) is 23.2 Å². The van der Waals surface area contributed by atoms with E-state index in [-0.39, 0.29) is 0 Å². The van der Waals surface area contributed by atoms with E-state index in [2.05, 4.69) is 156 Å². The van der Waals surface area contributed by atoms with Crippen LogP contribution in [0.25, 0.3) is 0 Å². The van der Waals surface area contributed by atoms with Gasteiger partial charge in [0, 0.05) is 0 Å². The molecule has 292 valence electrons. The molecule has 2 atom stereocenters. The molecule has 0 aromatic heterocycles. The van der Waals surface area contributed by atoms with E-state index >= 15 is 0 Å². The average molecular weight is 677 g/mol. The first-order valence-corrected chi connectivity index (χ1v) is 20.1. The van der Waals surface area contributed by atoms with Gasteiger partial charge in [0.15, 0.2) is 0 Å². The van der Waals surface area contributed by atoms with Crippen LogP contribution in [0.15, 0.2) is 76.4 Å². The highest BCUT2D eigenvalue weighted by atomic mass is 14.2. The van der Waals surface area contributed by atoms with Crippen molar-refractivity contribution in [1.29, 1.82) is 0 Å². The van der Waals surface area contributed by atoms with Gasteiger partial charge in [0.25, 0.3) is 0 Å². The second-order valence-corrected chi connectivity index (χ2v) is 14.0. The number of hydrogen-bond donors (Lipinski definition) is 0. The second kappa shape index (κ2) is 60.7. The van der Waals surface area contributed by atoms with Gasteiger partial charge in [-0.15, -0.1) is 52.6 Å². The Balaban J connectivity index is -0.0000000669. The normalized spacial score (nSPS) is 12.0. The Morgan fingerprint density at radius 3 is 1.23 bits per heavy atom. The number of hydrogen-bond acceptors (Lipinski definition) is 0. The molecule has 0 radical (unpaired) electrons. The first-order chi connectivity index (χ1) is 22.7. The quantitative estimate of drug-likeness (QED) is 0.161. The number of allylic oxidation sites excluding steroid dienone is 3. The van der Waals surface area contributed by atoms with Gasteiger partial charge in [0.2, 0.25) is 0 Å². The van der Waals surface area contributed by atoms with E-state index in [0.717, 1.165) is 24.2 Å². The molecule has 2 unspecified atom stereocenters. The van der Waals surface area contributed by atoms with Gasteiger partial charge in [-0.05, 0) is 56.3 Å². The predicted molar refractivity (Wildman–Crippen MR) is 238 cm³/mol. The highest BCUT2D eigenvalue weighted by Gasteiger charge is 2.16. The largest absolute Gasteiger partial charge is 0.106 e. The maximum atomic E-state index is 4.11. The summed E-state index contributed by atoms with van der Waals surface area (Å²) in [6.45, 7) is 60.5. The molecule has 0 spiro atoms. The zero-order chi connectivity index (χ0) is 39.8. The fourth-order valence-corrected chi connectivity index (χ4v) is 4.50. The Labute approximate surface area is 311 Å². The van der Waals surface area contributed by atoms with Gasteiger partial charge in [-0.3, -0.25) is 0 Å². The summed E-state index contributed by atoms with van der Waals surface area (Å²) in [5, 5.41) is 0. The zero-order valence-electron chi connectivity index (χ0n) is 36.9. The minimum Gasteiger partial charge on any atom is -0.106 e. The Morgan fingerprint density at radius 2 is 1.08 bits per heavy atom. The van der Waals surface area contributed by atoms with Crippen LogP contribution < -0.4 is 0 Å². The van der Waals surface area contributed by atoms with E-state index in [0.29, 0.717) is 5.41 Å². The summed E-state index contributed by atoms with van der Waals surface area (Å²) in [4.78, 5) is 0. The molecule has 0 bridgehead atoms. The molecule has 48 heavy (non-hydrogen) atoms. The molecular formula is C48H100. The van der Waals surface area contributed by atoms with Crippen LogP contribution >= 0.6 is 0 Å². The van der Waals surface area contributed by atoms with Gasteiger partial charge < -0.3 is 0 Å². The second-order valence-electron chi connectivity index (χ2n) is 14.0. The summed E-state index contributed by atoms with van der Waals surface area (Å²) < 4.78 is 0. The molecule has 1 aliphatic rings. The van der Waals surface area contributed by atoms with Crippen molar-refractivity contribution in [3.05, 3.63) is 76.4 Å². The smallest absolute Gasteiger partial charge is 0.0183 e. The molecular weight excluding hydrogens is 577 g/mol. The molecule has 0 N–H and O–H groups in total. The molecule has 1 fully saturated rings. The van der Waals surface area contributed by atoms with Crippen molar-refractivity contribution < 1.29 is 0 Å². The summed E-state index contributed by atoms with van der Waals surface area (Å²) >= 11 is 0. The first-order valence-electron chi connectivity index (χ1n) is 20.1. The minimum atomic E-state index is 0.542. The van der Waals surface area contributed by atoms with Gasteiger partial charge in [0.1, 0.15) is 0 Å². The van der Waals surface area contributed by atoms with E-state index in [1.54, 1.807) is 0 Å². The first kappa shape index (κ1) is 64.9. The third-order valence-corrected chi connectivity index (χ3v) is 7.92. The minimum absolute atomic E-state index is 0.542. The average Bonchev–Trinajstić information content (AvgIpc) is 3.60. The SMILES string of the molecule is C=C.C=C.C=C.C=C(C)C(CCCC)C(C)CCC.C=C(C)CCC.C=CCCC.CCC(C)(C)C.CCC1CCCC1.CCCCC. The fraction of sp³-hybridized carbons (Fsp3) is 0.750. The van der Waals surface area contributed by atoms with Crippen LogP contribution in [-0.2, 0) is 0 Å². The van der Waals surface area contributed by atoms with Gasteiger partial charge in [-0.2, -0.15) is 0 Å². The number of unbranched alkanes of at least 4 members (excludes halogenated alkanes) is 4. The van der Waals surface area contributed by atoms with Crippen molar-refractivity contribution in [2.75, 3.05) is 0 Å². The predicted octanol–water partition coefficient (Wildman–Crippen LogP) is 18.8. The van der Waals surface area contributed by atoms with Gasteiger partial charge in [0.05, 0.1) is 0 Å². The fourth-order valence-electron chi connectivity index (χ4n) is 4.50. The molecule has 1 rings (SSSR count). The number of rotatable bonds is 14. The molecule has 1 saturated carbocycles. The van der Waals surface area contributed by atoms with Crippen molar-refractivity contribution in [3.8, 4) is 0 Å². The van der Waals surface area contributed by atoms with Gasteiger partial charge in [-0.25, -0.2) is 0 Å². The molecule has 0 aliphatic heterocycles. The van der Waals surface area contributed by atoms with E-state index in [9.17, 15) is 0 Å². The monoisotopic (exact) mass is 677 g/mol. The Hall–Kier alpha value is -1.56. The van der Waals surface area contributed by atoms with Crippen molar-refractivity contribution in [2.45, 2.75) is 213 Å².